The van der Waals surface area contributed by atoms with Crippen LogP contribution in [0.25, 0.3) is 11.5 Å². The molecule has 0 saturated carbocycles. The van der Waals surface area contributed by atoms with Gasteiger partial charge in [-0.2, -0.15) is 0 Å². The molecule has 0 aliphatic carbocycles. The molecule has 2 rings (SSSR count). The summed E-state index contributed by atoms with van der Waals surface area (Å²) in [5.41, 5.74) is -3.91. The van der Waals surface area contributed by atoms with Gasteiger partial charge in [0, 0.05) is 12.2 Å². The molecule has 0 heterocycles. The van der Waals surface area contributed by atoms with Gasteiger partial charge in [0.2, 0.25) is 11.6 Å². The van der Waals surface area contributed by atoms with Crippen molar-refractivity contribution in [1.82, 2.24) is 0 Å². The van der Waals surface area contributed by atoms with E-state index in [1.807, 2.05) is 0 Å². The minimum Gasteiger partial charge on any atom is -0.507 e. The average Bonchev–Trinajstić information content (AvgIpc) is 2.67. The Kier molecular flexibility index (Phi) is 6.14. The second-order valence-corrected chi connectivity index (χ2v) is 5.35. The zero-order valence-electron chi connectivity index (χ0n) is 13.7. The molecule has 0 saturated heterocycles. The number of carbonyl (C=O) groups is 1. The Hall–Kier alpha value is -3.51. The van der Waals surface area contributed by atoms with Gasteiger partial charge in [-0.25, -0.2) is 43.9 Å². The molecular weight excluding hydrogens is 442 g/mol. The summed E-state index contributed by atoms with van der Waals surface area (Å²) in [6.07, 6.45) is -0.499. The van der Waals surface area contributed by atoms with Crippen molar-refractivity contribution in [3.63, 3.8) is 0 Å². The second kappa shape index (κ2) is 8.08. The van der Waals surface area contributed by atoms with Crippen molar-refractivity contribution in [3.8, 4) is 0 Å². The van der Waals surface area contributed by atoms with Crippen LogP contribution in [0.5, 0.6) is 0 Å². The number of ketones is 1. The summed E-state index contributed by atoms with van der Waals surface area (Å²) in [4.78, 5) is 11.6. The quantitative estimate of drug-likeness (QED) is 0.225. The predicted molar refractivity (Wildman–Crippen MR) is 78.7 cm³/mol. The monoisotopic (exact) mass is 446 g/mol. The van der Waals surface area contributed by atoms with Crippen LogP contribution in [0.3, 0.4) is 0 Å². The number of hydrogen-bond donors (Lipinski definition) is 2. The van der Waals surface area contributed by atoms with Crippen molar-refractivity contribution in [2.75, 3.05) is 0 Å². The third-order valence-electron chi connectivity index (χ3n) is 3.49. The maximum absolute atomic E-state index is 13.5. The number of allylic oxidation sites excluding steroid dienone is 2. The zero-order valence-corrected chi connectivity index (χ0v) is 13.7. The van der Waals surface area contributed by atoms with Gasteiger partial charge in [0.1, 0.15) is 11.5 Å². The Balaban J connectivity index is 2.55. The SMILES string of the molecule is O=C(/C=C(\O)c1c(F)c(F)c(F)c(F)c1F)/C=C(\O)c1c(F)c(F)c(F)c(F)c1F. The number of benzene rings is 2. The van der Waals surface area contributed by atoms with Gasteiger partial charge in [-0.05, 0) is 0 Å². The number of carbonyl (C=O) groups excluding carboxylic acids is 1. The third kappa shape index (κ3) is 3.69. The molecule has 0 aliphatic rings. The van der Waals surface area contributed by atoms with E-state index >= 15 is 0 Å². The molecule has 0 amide bonds. The molecule has 3 nitrogen and oxygen atoms in total. The van der Waals surface area contributed by atoms with Crippen molar-refractivity contribution >= 4 is 17.3 Å². The van der Waals surface area contributed by atoms with Gasteiger partial charge in [-0.15, -0.1) is 0 Å². The molecule has 160 valence electrons. The van der Waals surface area contributed by atoms with Crippen LogP contribution in [0.1, 0.15) is 11.1 Å². The first-order valence-corrected chi connectivity index (χ1v) is 7.20. The van der Waals surface area contributed by atoms with Crippen LogP contribution in [-0.4, -0.2) is 16.0 Å². The maximum atomic E-state index is 13.5. The number of hydrogen-bond acceptors (Lipinski definition) is 3. The van der Waals surface area contributed by atoms with Gasteiger partial charge in [-0.1, -0.05) is 0 Å². The van der Waals surface area contributed by atoms with Crippen LogP contribution in [0.4, 0.5) is 43.9 Å². The predicted octanol–water partition coefficient (Wildman–Crippen LogP) is 5.14. The summed E-state index contributed by atoms with van der Waals surface area (Å²) in [5, 5.41) is 19.0. The van der Waals surface area contributed by atoms with Crippen molar-refractivity contribution in [2.24, 2.45) is 0 Å². The fraction of sp³-hybridized carbons (Fsp3) is 0. The lowest BCUT2D eigenvalue weighted by Gasteiger charge is -2.08. The summed E-state index contributed by atoms with van der Waals surface area (Å²) in [6, 6.07) is 0. The minimum atomic E-state index is -2.57. The van der Waals surface area contributed by atoms with E-state index in [4.69, 9.17) is 0 Å². The van der Waals surface area contributed by atoms with Crippen LogP contribution < -0.4 is 0 Å². The lowest BCUT2D eigenvalue weighted by atomic mass is 10.1. The normalized spacial score (nSPS) is 12.5. The summed E-state index contributed by atoms with van der Waals surface area (Å²) < 4.78 is 133. The van der Waals surface area contributed by atoms with Gasteiger partial charge >= 0.3 is 0 Å². The van der Waals surface area contributed by atoms with Crippen LogP contribution in [0.2, 0.25) is 0 Å². The Morgan fingerprint density at radius 2 is 0.667 bits per heavy atom. The standard InChI is InChI=1S/C17H4F10O3/c18-8-6(9(19)13(23)16(26)12(8)22)4(29)1-3(28)2-5(30)7-10(20)14(24)17(27)15(25)11(7)21/h1-2,29-30H/b4-1-,5-2-. The Labute approximate surface area is 158 Å². The van der Waals surface area contributed by atoms with Crippen LogP contribution >= 0.6 is 0 Å². The summed E-state index contributed by atoms with van der Waals surface area (Å²) in [6.45, 7) is 0. The zero-order chi connectivity index (χ0) is 23.1. The fourth-order valence-corrected chi connectivity index (χ4v) is 2.12. The van der Waals surface area contributed by atoms with E-state index in [0.29, 0.717) is 0 Å². The lowest BCUT2D eigenvalue weighted by Crippen LogP contribution is -2.08. The first-order valence-electron chi connectivity index (χ1n) is 7.20. The molecule has 0 aromatic heterocycles. The molecule has 2 N–H and O–H groups in total. The molecule has 13 heteroatoms. The Bertz CT molecular complexity index is 992. The lowest BCUT2D eigenvalue weighted by molar-refractivity contribution is -0.110. The van der Waals surface area contributed by atoms with E-state index in [2.05, 4.69) is 0 Å². The first kappa shape index (κ1) is 22.8. The van der Waals surface area contributed by atoms with E-state index in [1.165, 1.54) is 0 Å². The van der Waals surface area contributed by atoms with E-state index in [0.717, 1.165) is 0 Å². The van der Waals surface area contributed by atoms with Gasteiger partial charge < -0.3 is 10.2 Å². The number of aliphatic hydroxyl groups is 2. The largest absolute Gasteiger partial charge is 0.507 e. The molecule has 0 spiro atoms. The molecule has 0 unspecified atom stereocenters. The smallest absolute Gasteiger partial charge is 0.200 e. The van der Waals surface area contributed by atoms with Crippen molar-refractivity contribution in [2.45, 2.75) is 0 Å². The highest BCUT2D eigenvalue weighted by Crippen LogP contribution is 2.29. The van der Waals surface area contributed by atoms with E-state index in [1.54, 1.807) is 0 Å². The van der Waals surface area contributed by atoms with Crippen molar-refractivity contribution in [1.29, 1.82) is 0 Å². The van der Waals surface area contributed by atoms with Crippen LogP contribution in [0.15, 0.2) is 12.2 Å². The van der Waals surface area contributed by atoms with E-state index in [-0.39, 0.29) is 12.2 Å². The average molecular weight is 446 g/mol. The highest BCUT2D eigenvalue weighted by atomic mass is 19.2. The fourth-order valence-electron chi connectivity index (χ4n) is 2.12. The number of rotatable bonds is 4. The van der Waals surface area contributed by atoms with Crippen LogP contribution in [0, 0.1) is 58.2 Å². The first-order chi connectivity index (χ1) is 13.8. The topological polar surface area (TPSA) is 57.5 Å². The third-order valence-corrected chi connectivity index (χ3v) is 3.49. The number of aliphatic hydroxyl groups excluding tert-OH is 2. The maximum Gasteiger partial charge on any atom is 0.200 e. The molecule has 0 bridgehead atoms. The summed E-state index contributed by atoms with van der Waals surface area (Å²) in [5.74, 6) is -30.7. The van der Waals surface area contributed by atoms with Gasteiger partial charge in [0.15, 0.2) is 52.3 Å². The molecule has 0 atom stereocenters. The summed E-state index contributed by atoms with van der Waals surface area (Å²) in [7, 11) is 0. The number of halogens is 10. The molecule has 30 heavy (non-hydrogen) atoms. The highest BCUT2D eigenvalue weighted by molar-refractivity contribution is 6.06. The molecule has 0 aliphatic heterocycles. The molecule has 2 aromatic carbocycles. The van der Waals surface area contributed by atoms with Gasteiger partial charge in [0.05, 0.1) is 11.1 Å². The van der Waals surface area contributed by atoms with Crippen molar-refractivity contribution < 1.29 is 58.9 Å². The van der Waals surface area contributed by atoms with Crippen molar-refractivity contribution in [3.05, 3.63) is 81.5 Å². The van der Waals surface area contributed by atoms with Gasteiger partial charge in [0.25, 0.3) is 0 Å². The molecule has 2 aromatic rings. The summed E-state index contributed by atoms with van der Waals surface area (Å²) >= 11 is 0. The van der Waals surface area contributed by atoms with Crippen LogP contribution in [-0.2, 0) is 4.79 Å². The Morgan fingerprint density at radius 1 is 0.467 bits per heavy atom. The molecular formula is C17H4F10O3. The minimum absolute atomic E-state index is 0.249. The van der Waals surface area contributed by atoms with E-state index < -0.39 is 86.6 Å². The van der Waals surface area contributed by atoms with Gasteiger partial charge in [-0.3, -0.25) is 4.79 Å². The second-order valence-electron chi connectivity index (χ2n) is 5.35. The Morgan fingerprint density at radius 3 is 0.900 bits per heavy atom. The van der Waals surface area contributed by atoms with E-state index in [9.17, 15) is 58.9 Å². The molecule has 0 fully saturated rings. The molecule has 0 radical (unpaired) electrons. The highest BCUT2D eigenvalue weighted by Gasteiger charge is 2.29.